The van der Waals surface area contributed by atoms with E-state index in [4.69, 9.17) is 0 Å². The minimum atomic E-state index is 0. The Bertz CT molecular complexity index is 6.85. The molecule has 0 bridgehead atoms. The van der Waals surface area contributed by atoms with Gasteiger partial charge in [-0.2, -0.15) is 0 Å². The summed E-state index contributed by atoms with van der Waals surface area (Å²) in [5.74, 6) is 0. The normalized spacial score (nSPS) is 3.60. The smallest absolute Gasteiger partial charge is 1.00 e. The van der Waals surface area contributed by atoms with Gasteiger partial charge in [-0.05, 0) is 0 Å². The fourth-order valence-electron chi connectivity index (χ4n) is 0. The standard InChI is InChI=1S/C3H8.HI.Li/c1-3-2;;/h3H2,1-2H3;1H;/q;;+1/p-1. The van der Waals surface area contributed by atoms with Crippen LogP contribution >= 0.6 is 0 Å². The quantitative estimate of drug-likeness (QED) is 0.259. The van der Waals surface area contributed by atoms with E-state index >= 15 is 0 Å². The van der Waals surface area contributed by atoms with Crippen molar-refractivity contribution in [2.75, 3.05) is 0 Å². The zero-order valence-electron chi connectivity index (χ0n) is 4.09. The zero-order chi connectivity index (χ0) is 2.71. The van der Waals surface area contributed by atoms with Gasteiger partial charge in [-0.3, -0.25) is 0 Å². The van der Waals surface area contributed by atoms with Crippen molar-refractivity contribution in [3.05, 3.63) is 0 Å². The molecule has 0 amide bonds. The van der Waals surface area contributed by atoms with Gasteiger partial charge in [0.2, 0.25) is 0 Å². The molecule has 0 fully saturated rings. The SMILES string of the molecule is CCC.[I-].[Li+]. The van der Waals surface area contributed by atoms with Crippen molar-refractivity contribution < 1.29 is 42.8 Å². The molecule has 0 unspecified atom stereocenters. The molecule has 0 saturated carbocycles. The van der Waals surface area contributed by atoms with Gasteiger partial charge in [-0.15, -0.1) is 0 Å². The number of hydrogen-bond acceptors (Lipinski definition) is 0. The largest absolute Gasteiger partial charge is 1.00 e. The molecule has 0 N–H and O–H groups in total. The molecule has 28 valence electrons. The Morgan fingerprint density at radius 2 is 1.20 bits per heavy atom. The zero-order valence-corrected chi connectivity index (χ0v) is 6.24. The van der Waals surface area contributed by atoms with Gasteiger partial charge in [0.15, 0.2) is 0 Å². The molecule has 0 heterocycles. The van der Waals surface area contributed by atoms with Crippen LogP contribution in [0.15, 0.2) is 0 Å². The molecule has 0 atom stereocenters. The van der Waals surface area contributed by atoms with Crippen molar-refractivity contribution >= 4 is 0 Å². The Balaban J connectivity index is -0.0000000200. The molecule has 0 saturated heterocycles. The van der Waals surface area contributed by atoms with Gasteiger partial charge in [0.05, 0.1) is 0 Å². The van der Waals surface area contributed by atoms with E-state index in [1.807, 2.05) is 0 Å². The van der Waals surface area contributed by atoms with Crippen LogP contribution in [0.4, 0.5) is 0 Å². The molecule has 2 heteroatoms. The summed E-state index contributed by atoms with van der Waals surface area (Å²) in [5, 5.41) is 0. The third kappa shape index (κ3) is 33.5. The van der Waals surface area contributed by atoms with Gasteiger partial charge in [0.1, 0.15) is 0 Å². The van der Waals surface area contributed by atoms with Crippen molar-refractivity contribution in [2.24, 2.45) is 0 Å². The number of halogens is 1. The Morgan fingerprint density at radius 1 is 1.20 bits per heavy atom. The van der Waals surface area contributed by atoms with Crippen molar-refractivity contribution in [3.63, 3.8) is 0 Å². The summed E-state index contributed by atoms with van der Waals surface area (Å²) in [5.41, 5.74) is 0. The van der Waals surface area contributed by atoms with Crippen LogP contribution in [-0.4, -0.2) is 0 Å². The van der Waals surface area contributed by atoms with Crippen molar-refractivity contribution in [2.45, 2.75) is 20.3 Å². The predicted molar refractivity (Wildman–Crippen MR) is 16.0 cm³/mol. The first-order valence-electron chi connectivity index (χ1n) is 1.41. The Hall–Kier alpha value is 1.33. The average Bonchev–Trinajstić information content (AvgIpc) is 0.918. The van der Waals surface area contributed by atoms with Gasteiger partial charge in [0, 0.05) is 0 Å². The molecule has 0 aromatic rings. The van der Waals surface area contributed by atoms with Crippen LogP contribution in [0.5, 0.6) is 0 Å². The second-order valence-corrected chi connectivity index (χ2v) is 0.707. The maximum absolute atomic E-state index is 2.12. The van der Waals surface area contributed by atoms with Gasteiger partial charge >= 0.3 is 18.9 Å². The second kappa shape index (κ2) is 18.4. The van der Waals surface area contributed by atoms with E-state index < -0.39 is 0 Å². The molecular weight excluding hydrogens is 170 g/mol. The number of hydrogen-bond donors (Lipinski definition) is 0. The van der Waals surface area contributed by atoms with Crippen LogP contribution in [0.2, 0.25) is 0 Å². The Kier molecular flexibility index (Phi) is 59.7. The van der Waals surface area contributed by atoms with E-state index in [0.717, 1.165) is 0 Å². The third-order valence-electron chi connectivity index (χ3n) is 0. The van der Waals surface area contributed by atoms with Crippen molar-refractivity contribution in [3.8, 4) is 0 Å². The maximum Gasteiger partial charge on any atom is 1.00 e. The predicted octanol–water partition coefficient (Wildman–Crippen LogP) is -4.58. The molecule has 0 aliphatic heterocycles. The van der Waals surface area contributed by atoms with E-state index in [0.29, 0.717) is 0 Å². The summed E-state index contributed by atoms with van der Waals surface area (Å²) < 4.78 is 0. The first-order chi connectivity index (χ1) is 1.41. The molecule has 0 rings (SSSR count). The summed E-state index contributed by atoms with van der Waals surface area (Å²) in [6.45, 7) is 4.25. The van der Waals surface area contributed by atoms with Crippen molar-refractivity contribution in [1.29, 1.82) is 0 Å². The summed E-state index contributed by atoms with van der Waals surface area (Å²) in [6, 6.07) is 0. The third-order valence-corrected chi connectivity index (χ3v) is 0. The molecule has 0 nitrogen and oxygen atoms in total. The van der Waals surface area contributed by atoms with E-state index in [1.54, 1.807) is 0 Å². The Morgan fingerprint density at radius 3 is 1.20 bits per heavy atom. The van der Waals surface area contributed by atoms with Crippen molar-refractivity contribution in [1.82, 2.24) is 0 Å². The van der Waals surface area contributed by atoms with Crippen LogP contribution in [0.3, 0.4) is 0 Å². The fourth-order valence-corrected chi connectivity index (χ4v) is 0. The molecule has 0 aromatic heterocycles. The summed E-state index contributed by atoms with van der Waals surface area (Å²) in [7, 11) is 0. The minimum absolute atomic E-state index is 0. The van der Waals surface area contributed by atoms with Crippen LogP contribution in [0, 0.1) is 0 Å². The van der Waals surface area contributed by atoms with Crippen LogP contribution in [-0.2, 0) is 0 Å². The molecule has 0 aliphatic rings. The molecular formula is C3H8ILi. The monoisotopic (exact) mass is 178 g/mol. The van der Waals surface area contributed by atoms with Gasteiger partial charge in [-0.25, -0.2) is 0 Å². The fraction of sp³-hybridized carbons (Fsp3) is 1.00. The van der Waals surface area contributed by atoms with E-state index in [9.17, 15) is 0 Å². The van der Waals surface area contributed by atoms with Crippen LogP contribution in [0.1, 0.15) is 20.3 Å². The summed E-state index contributed by atoms with van der Waals surface area (Å²) in [4.78, 5) is 0. The molecule has 0 aliphatic carbocycles. The van der Waals surface area contributed by atoms with E-state index in [1.165, 1.54) is 6.42 Å². The summed E-state index contributed by atoms with van der Waals surface area (Å²) >= 11 is 0. The van der Waals surface area contributed by atoms with Gasteiger partial charge in [0.25, 0.3) is 0 Å². The summed E-state index contributed by atoms with van der Waals surface area (Å²) in [6.07, 6.45) is 1.25. The van der Waals surface area contributed by atoms with E-state index in [2.05, 4.69) is 13.8 Å². The maximum atomic E-state index is 2.12. The average molecular weight is 178 g/mol. The first-order valence-corrected chi connectivity index (χ1v) is 1.41. The Labute approximate surface area is 62.9 Å². The van der Waals surface area contributed by atoms with Crippen LogP contribution < -0.4 is 42.8 Å². The molecule has 5 heavy (non-hydrogen) atoms. The second-order valence-electron chi connectivity index (χ2n) is 0.707. The first kappa shape index (κ1) is 16.2. The van der Waals surface area contributed by atoms with Crippen LogP contribution in [0.25, 0.3) is 0 Å². The molecule has 0 aromatic carbocycles. The van der Waals surface area contributed by atoms with Gasteiger partial charge < -0.3 is 24.0 Å². The van der Waals surface area contributed by atoms with E-state index in [-0.39, 0.29) is 42.8 Å². The molecule has 0 radical (unpaired) electrons. The van der Waals surface area contributed by atoms with Gasteiger partial charge in [-0.1, -0.05) is 20.3 Å². The molecule has 0 spiro atoms. The minimum Gasteiger partial charge on any atom is -1.00 e. The topological polar surface area (TPSA) is 0 Å². The number of rotatable bonds is 0.